The molecule has 6 rings (SSSR count). The van der Waals surface area contributed by atoms with Crippen LogP contribution in [0.5, 0.6) is 0 Å². The minimum atomic E-state index is -0.840. The molecule has 0 saturated heterocycles. The highest BCUT2D eigenvalue weighted by Gasteiger charge is 2.60. The van der Waals surface area contributed by atoms with Gasteiger partial charge in [0.2, 0.25) is 0 Å². The van der Waals surface area contributed by atoms with Crippen LogP contribution in [-0.4, -0.2) is 11.1 Å². The summed E-state index contributed by atoms with van der Waals surface area (Å²) in [6.45, 7) is 12.7. The van der Waals surface area contributed by atoms with Gasteiger partial charge < -0.3 is 5.11 Å². The molecule has 1 N–H and O–H groups in total. The minimum absolute atomic E-state index is 0.141. The molecule has 36 heavy (non-hydrogen) atoms. The van der Waals surface area contributed by atoms with Crippen molar-refractivity contribution in [2.24, 2.45) is 64.1 Å². The van der Waals surface area contributed by atoms with Gasteiger partial charge in [0, 0.05) is 0 Å². The molecular formula is C34H48O2. The van der Waals surface area contributed by atoms with Crippen LogP contribution in [0.25, 0.3) is 5.57 Å². The molecular weight excluding hydrogens is 440 g/mol. The van der Waals surface area contributed by atoms with Gasteiger partial charge in [-0.05, 0) is 145 Å². The van der Waals surface area contributed by atoms with E-state index in [2.05, 4.69) is 40.7 Å². The molecule has 0 spiro atoms. The van der Waals surface area contributed by atoms with E-state index in [1.54, 1.807) is 12.1 Å². The molecule has 4 saturated carbocycles. The van der Waals surface area contributed by atoms with Crippen molar-refractivity contribution in [1.82, 2.24) is 0 Å². The Kier molecular flexibility index (Phi) is 6.01. The molecule has 196 valence electrons. The second kappa shape index (κ2) is 8.74. The quantitative estimate of drug-likeness (QED) is 0.461. The van der Waals surface area contributed by atoms with Gasteiger partial charge in [-0.1, -0.05) is 52.8 Å². The summed E-state index contributed by atoms with van der Waals surface area (Å²) in [4.78, 5) is 11.4. The zero-order valence-electron chi connectivity index (χ0n) is 23.3. The van der Waals surface area contributed by atoms with E-state index in [0.29, 0.717) is 11.0 Å². The number of benzene rings is 1. The zero-order chi connectivity index (χ0) is 25.4. The van der Waals surface area contributed by atoms with Gasteiger partial charge in [0.1, 0.15) is 0 Å². The lowest BCUT2D eigenvalue weighted by Crippen LogP contribution is -2.56. The lowest BCUT2D eigenvalue weighted by Gasteiger charge is -2.63. The maximum atomic E-state index is 11.4. The Morgan fingerprint density at radius 2 is 1.56 bits per heavy atom. The molecule has 0 amide bonds. The molecule has 0 bridgehead atoms. The maximum absolute atomic E-state index is 11.4. The predicted octanol–water partition coefficient (Wildman–Crippen LogP) is 8.97. The van der Waals surface area contributed by atoms with E-state index in [1.807, 2.05) is 12.1 Å². The van der Waals surface area contributed by atoms with Crippen molar-refractivity contribution >= 4 is 11.5 Å². The molecule has 0 radical (unpaired) electrons. The van der Waals surface area contributed by atoms with Gasteiger partial charge >= 0.3 is 5.97 Å². The zero-order valence-corrected chi connectivity index (χ0v) is 23.3. The third-order valence-corrected chi connectivity index (χ3v) is 12.8. The number of hydrogen-bond acceptors (Lipinski definition) is 1. The van der Waals surface area contributed by atoms with Crippen LogP contribution >= 0.6 is 0 Å². The first-order valence-electron chi connectivity index (χ1n) is 15.2. The summed E-state index contributed by atoms with van der Waals surface area (Å²) in [6, 6.07) is 7.65. The average Bonchev–Trinajstić information content (AvgIpc) is 3.28. The van der Waals surface area contributed by atoms with Crippen molar-refractivity contribution in [3.05, 3.63) is 41.5 Å². The van der Waals surface area contributed by atoms with E-state index in [1.165, 1.54) is 68.9 Å². The smallest absolute Gasteiger partial charge is 0.335 e. The first-order valence-corrected chi connectivity index (χ1v) is 15.2. The number of hydrogen-bond donors (Lipinski definition) is 1. The molecule has 2 nitrogen and oxygen atoms in total. The van der Waals surface area contributed by atoms with Crippen molar-refractivity contribution in [2.45, 2.75) is 92.4 Å². The number of fused-ring (bicyclic) bond motifs is 7. The molecule has 4 unspecified atom stereocenters. The summed E-state index contributed by atoms with van der Waals surface area (Å²) in [5, 5.41) is 9.33. The third kappa shape index (κ3) is 3.59. The molecule has 2 heteroatoms. The normalized spacial score (nSPS) is 43.1. The summed E-state index contributed by atoms with van der Waals surface area (Å²) in [6.07, 6.45) is 15.5. The monoisotopic (exact) mass is 488 g/mol. The van der Waals surface area contributed by atoms with Crippen molar-refractivity contribution in [3.63, 3.8) is 0 Å². The highest BCUT2D eigenvalue weighted by Crippen LogP contribution is 2.69. The highest BCUT2D eigenvalue weighted by molar-refractivity contribution is 5.88. The van der Waals surface area contributed by atoms with E-state index in [9.17, 15) is 9.90 Å². The molecule has 9 atom stereocenters. The van der Waals surface area contributed by atoms with E-state index < -0.39 is 5.97 Å². The minimum Gasteiger partial charge on any atom is -0.478 e. The van der Waals surface area contributed by atoms with Crippen LogP contribution in [0.4, 0.5) is 0 Å². The molecule has 0 aliphatic heterocycles. The Hall–Kier alpha value is -1.57. The Morgan fingerprint density at radius 1 is 0.861 bits per heavy atom. The Balaban J connectivity index is 1.27. The second-order valence-corrected chi connectivity index (χ2v) is 14.6. The molecule has 0 heterocycles. The summed E-state index contributed by atoms with van der Waals surface area (Å²) in [5.41, 5.74) is 3.76. The number of carbonyl (C=O) groups is 1. The van der Waals surface area contributed by atoms with Gasteiger partial charge in [-0.3, -0.25) is 0 Å². The first-order chi connectivity index (χ1) is 17.1. The maximum Gasteiger partial charge on any atom is 0.335 e. The number of carboxylic acids is 1. The number of allylic oxidation sites excluding steroid dienone is 2. The van der Waals surface area contributed by atoms with Crippen molar-refractivity contribution in [1.29, 1.82) is 0 Å². The van der Waals surface area contributed by atoms with E-state index in [-0.39, 0.29) is 5.41 Å². The lowest BCUT2D eigenvalue weighted by molar-refractivity contribution is -0.135. The van der Waals surface area contributed by atoms with Crippen LogP contribution in [0.2, 0.25) is 0 Å². The summed E-state index contributed by atoms with van der Waals surface area (Å²) in [5.74, 6) is 7.36. The predicted molar refractivity (Wildman–Crippen MR) is 148 cm³/mol. The van der Waals surface area contributed by atoms with Gasteiger partial charge in [-0.2, -0.15) is 0 Å². The van der Waals surface area contributed by atoms with Gasteiger partial charge in [0.15, 0.2) is 0 Å². The van der Waals surface area contributed by atoms with Gasteiger partial charge in [-0.25, -0.2) is 4.79 Å². The highest BCUT2D eigenvalue weighted by atomic mass is 16.4. The average molecular weight is 489 g/mol. The largest absolute Gasteiger partial charge is 0.478 e. The van der Waals surface area contributed by atoms with Crippen molar-refractivity contribution < 1.29 is 9.90 Å². The molecule has 0 aromatic heterocycles. The van der Waals surface area contributed by atoms with Crippen molar-refractivity contribution in [3.8, 4) is 0 Å². The van der Waals surface area contributed by atoms with E-state index in [4.69, 9.17) is 0 Å². The Bertz CT molecular complexity index is 1030. The first kappa shape index (κ1) is 24.7. The van der Waals surface area contributed by atoms with Crippen LogP contribution in [0, 0.1) is 64.1 Å². The van der Waals surface area contributed by atoms with E-state index in [0.717, 1.165) is 53.3 Å². The number of carboxylic acid groups (broad SMARTS) is 1. The third-order valence-electron chi connectivity index (χ3n) is 12.8. The topological polar surface area (TPSA) is 37.3 Å². The van der Waals surface area contributed by atoms with Gasteiger partial charge in [-0.15, -0.1) is 0 Å². The van der Waals surface area contributed by atoms with Crippen LogP contribution < -0.4 is 0 Å². The van der Waals surface area contributed by atoms with Crippen molar-refractivity contribution in [2.75, 3.05) is 0 Å². The fourth-order valence-electron chi connectivity index (χ4n) is 11.2. The van der Waals surface area contributed by atoms with Crippen LogP contribution in [-0.2, 0) is 0 Å². The van der Waals surface area contributed by atoms with Gasteiger partial charge in [0.05, 0.1) is 5.56 Å². The van der Waals surface area contributed by atoms with Crippen LogP contribution in [0.3, 0.4) is 0 Å². The SMILES string of the molecule is CC(C)[C@@H]1CCC2CC[C@@]3(C)C4CC[C@@H]5C(CC=C(c6ccc(C(=O)O)cc6)C5(C)C)[C@H]4CCC3[C@H]21. The number of rotatable bonds is 3. The standard InChI is InChI=1S/C34H48O2/c1-20(2)24-11-10-22-18-19-34(5)29-17-16-28-25(26(29)13-15-30(34)31(22)24)12-14-27(33(28,3)4)21-6-8-23(9-7-21)32(35)36/h6-9,14,20,22,24-26,28-31H,10-13,15-19H2,1-5H3,(H,35,36)/t22?,24-,25?,26+,28+,29?,30?,31+,34-/m0/s1. The molecule has 5 aliphatic carbocycles. The second-order valence-electron chi connectivity index (χ2n) is 14.6. The molecule has 1 aromatic carbocycles. The van der Waals surface area contributed by atoms with Crippen LogP contribution in [0.15, 0.2) is 30.3 Å². The molecule has 4 fully saturated rings. The molecule has 1 aromatic rings. The molecule has 5 aliphatic rings. The number of aromatic carboxylic acids is 1. The van der Waals surface area contributed by atoms with Crippen LogP contribution in [0.1, 0.15) is 108 Å². The fraction of sp³-hybridized carbons (Fsp3) is 0.735. The Morgan fingerprint density at radius 3 is 2.25 bits per heavy atom. The summed E-state index contributed by atoms with van der Waals surface area (Å²) in [7, 11) is 0. The Labute approximate surface area is 219 Å². The lowest BCUT2D eigenvalue weighted by atomic mass is 9.41. The fourth-order valence-corrected chi connectivity index (χ4v) is 11.2. The van der Waals surface area contributed by atoms with Gasteiger partial charge in [0.25, 0.3) is 0 Å². The van der Waals surface area contributed by atoms with E-state index >= 15 is 0 Å². The summed E-state index contributed by atoms with van der Waals surface area (Å²) >= 11 is 0. The summed E-state index contributed by atoms with van der Waals surface area (Å²) < 4.78 is 0.